The number of benzene rings is 1. The Balaban J connectivity index is 2.11. The molecule has 174 valence electrons. The summed E-state index contributed by atoms with van der Waals surface area (Å²) in [5, 5.41) is 4.77. The molecule has 1 aromatic rings. The van der Waals surface area contributed by atoms with Gasteiger partial charge in [0.2, 0.25) is 0 Å². The average molecular weight is 446 g/mol. The quantitative estimate of drug-likeness (QED) is 0.645. The van der Waals surface area contributed by atoms with Gasteiger partial charge in [-0.05, 0) is 65.2 Å². The Kier molecular flexibility index (Phi) is 8.30. The fraction of sp³-hybridized carbons (Fsp3) is 0.619. The van der Waals surface area contributed by atoms with Gasteiger partial charge in [0.15, 0.2) is 0 Å². The van der Waals surface area contributed by atoms with Crippen LogP contribution in [0.25, 0.3) is 0 Å². The maximum Gasteiger partial charge on any atom is 0.416 e. The van der Waals surface area contributed by atoms with E-state index in [-0.39, 0.29) is 24.1 Å². The zero-order valence-corrected chi connectivity index (χ0v) is 18.1. The van der Waals surface area contributed by atoms with E-state index in [0.717, 1.165) is 37.5 Å². The summed E-state index contributed by atoms with van der Waals surface area (Å²) in [6, 6.07) is 2.62. The summed E-state index contributed by atoms with van der Waals surface area (Å²) < 4.78 is 55.6. The molecule has 0 bridgehead atoms. The predicted octanol–water partition coefficient (Wildman–Crippen LogP) is 4.97. The van der Waals surface area contributed by atoms with Gasteiger partial charge in [0, 0.05) is 6.61 Å². The van der Waals surface area contributed by atoms with Crippen LogP contribution in [0, 0.1) is 0 Å². The van der Waals surface area contributed by atoms with Crippen LogP contribution in [0.4, 0.5) is 29.3 Å². The lowest BCUT2D eigenvalue weighted by atomic mass is 10.1. The fourth-order valence-corrected chi connectivity index (χ4v) is 2.85. The molecule has 1 fully saturated rings. The number of carbonyl (C=O) groups is 2. The first-order valence-electron chi connectivity index (χ1n) is 10.1. The number of amides is 2. The number of nitrogens with one attached hydrogen (secondary N) is 2. The highest BCUT2D eigenvalue weighted by molar-refractivity contribution is 5.99. The van der Waals surface area contributed by atoms with E-state index in [4.69, 9.17) is 14.2 Å². The van der Waals surface area contributed by atoms with Crippen molar-refractivity contribution in [3.63, 3.8) is 0 Å². The van der Waals surface area contributed by atoms with Gasteiger partial charge in [-0.2, -0.15) is 13.2 Å². The van der Waals surface area contributed by atoms with E-state index >= 15 is 0 Å². The molecule has 31 heavy (non-hydrogen) atoms. The molecule has 1 heterocycles. The zero-order valence-electron chi connectivity index (χ0n) is 18.1. The highest BCUT2D eigenvalue weighted by atomic mass is 19.4. The lowest BCUT2D eigenvalue weighted by molar-refractivity contribution is -0.137. The van der Waals surface area contributed by atoms with Gasteiger partial charge in [0.25, 0.3) is 5.91 Å². The molecule has 2 rings (SSSR count). The maximum absolute atomic E-state index is 13.1. The molecule has 1 aliphatic rings. The number of rotatable bonds is 6. The van der Waals surface area contributed by atoms with E-state index in [9.17, 15) is 22.8 Å². The molecule has 0 spiro atoms. The highest BCUT2D eigenvalue weighted by Gasteiger charge is 2.32. The van der Waals surface area contributed by atoms with E-state index < -0.39 is 35.4 Å². The third kappa shape index (κ3) is 8.37. The molecule has 1 aliphatic heterocycles. The van der Waals surface area contributed by atoms with Crippen LogP contribution in [-0.2, 0) is 25.2 Å². The highest BCUT2D eigenvalue weighted by Crippen LogP contribution is 2.34. The van der Waals surface area contributed by atoms with E-state index in [1.807, 2.05) is 0 Å². The van der Waals surface area contributed by atoms with Gasteiger partial charge in [0.1, 0.15) is 11.7 Å². The van der Waals surface area contributed by atoms with Gasteiger partial charge in [-0.3, -0.25) is 10.1 Å². The van der Waals surface area contributed by atoms with Crippen molar-refractivity contribution in [2.45, 2.75) is 70.9 Å². The Bertz CT molecular complexity index is 771. The molecule has 0 aromatic heterocycles. The van der Waals surface area contributed by atoms with Crippen molar-refractivity contribution >= 4 is 23.4 Å². The number of hydrogen-bond donors (Lipinski definition) is 2. The third-order valence-electron chi connectivity index (χ3n) is 4.42. The van der Waals surface area contributed by atoms with Gasteiger partial charge < -0.3 is 19.5 Å². The molecule has 0 radical (unpaired) electrons. The van der Waals surface area contributed by atoms with Crippen LogP contribution in [0.1, 0.15) is 52.5 Å². The van der Waals surface area contributed by atoms with Crippen molar-refractivity contribution in [3.8, 4) is 0 Å². The zero-order chi connectivity index (χ0) is 23.2. The van der Waals surface area contributed by atoms with Crippen molar-refractivity contribution in [2.75, 3.05) is 23.8 Å². The molecule has 1 saturated heterocycles. The summed E-state index contributed by atoms with van der Waals surface area (Å²) in [4.78, 5) is 24.6. The number of halogens is 3. The van der Waals surface area contributed by atoms with E-state index in [1.54, 1.807) is 20.8 Å². The molecule has 7 nitrogen and oxygen atoms in total. The second kappa shape index (κ2) is 10.3. The molecule has 0 aliphatic carbocycles. The summed E-state index contributed by atoms with van der Waals surface area (Å²) >= 11 is 0. The number of anilines is 2. The maximum atomic E-state index is 13.1. The van der Waals surface area contributed by atoms with Gasteiger partial charge in [-0.15, -0.1) is 0 Å². The second-order valence-corrected chi connectivity index (χ2v) is 8.34. The van der Waals surface area contributed by atoms with Crippen LogP contribution in [0.15, 0.2) is 18.2 Å². The molecule has 0 saturated carbocycles. The van der Waals surface area contributed by atoms with E-state index in [2.05, 4.69) is 10.6 Å². The van der Waals surface area contributed by atoms with Crippen molar-refractivity contribution in [3.05, 3.63) is 23.8 Å². The van der Waals surface area contributed by atoms with Crippen molar-refractivity contribution in [1.82, 2.24) is 0 Å². The number of hydrogen-bond acceptors (Lipinski definition) is 5. The van der Waals surface area contributed by atoms with Crippen LogP contribution in [0.5, 0.6) is 0 Å². The Labute approximate surface area is 179 Å². The summed E-state index contributed by atoms with van der Waals surface area (Å²) in [7, 11) is 0. The average Bonchev–Trinajstić information content (AvgIpc) is 2.65. The first-order chi connectivity index (χ1) is 14.3. The first kappa shape index (κ1) is 24.9. The van der Waals surface area contributed by atoms with Crippen molar-refractivity contribution in [2.24, 2.45) is 0 Å². The standard InChI is InChI=1S/C21H29F3N2O5/c1-13(30-12-15-7-5-6-10-29-15)18(27)25-17-11-14(21(22,23)24)8-9-16(17)26-19(28)31-20(2,3)4/h8-9,11,13,15H,5-7,10,12H2,1-4H3,(H,25,27)(H,26,28). The SMILES string of the molecule is CC(OCC1CCCCO1)C(=O)Nc1cc(C(F)(F)F)ccc1NC(=O)OC(C)(C)C. The Morgan fingerprint density at radius 3 is 2.45 bits per heavy atom. The summed E-state index contributed by atoms with van der Waals surface area (Å²) in [6.45, 7) is 7.29. The first-order valence-corrected chi connectivity index (χ1v) is 10.1. The molecular weight excluding hydrogens is 417 g/mol. The van der Waals surface area contributed by atoms with Crippen LogP contribution >= 0.6 is 0 Å². The van der Waals surface area contributed by atoms with E-state index in [1.165, 1.54) is 6.92 Å². The monoisotopic (exact) mass is 446 g/mol. The van der Waals surface area contributed by atoms with Crippen LogP contribution in [-0.4, -0.2) is 43.0 Å². The Morgan fingerprint density at radius 2 is 1.87 bits per heavy atom. The second-order valence-electron chi connectivity index (χ2n) is 8.34. The lowest BCUT2D eigenvalue weighted by Gasteiger charge is -2.24. The molecule has 2 amide bonds. The normalized spacial score (nSPS) is 18.2. The molecule has 2 N–H and O–H groups in total. The minimum absolute atomic E-state index is 0.0292. The molecule has 10 heteroatoms. The number of ether oxygens (including phenoxy) is 3. The summed E-state index contributed by atoms with van der Waals surface area (Å²) in [6.07, 6.45) is -3.71. The minimum atomic E-state index is -4.62. The predicted molar refractivity (Wildman–Crippen MR) is 109 cm³/mol. The number of carbonyl (C=O) groups excluding carboxylic acids is 2. The van der Waals surface area contributed by atoms with Gasteiger partial charge in [-0.1, -0.05) is 0 Å². The van der Waals surface area contributed by atoms with Gasteiger partial charge >= 0.3 is 12.3 Å². The fourth-order valence-electron chi connectivity index (χ4n) is 2.85. The summed E-state index contributed by atoms with van der Waals surface area (Å²) in [5.74, 6) is -0.651. The molecule has 2 unspecified atom stereocenters. The van der Waals surface area contributed by atoms with Crippen LogP contribution < -0.4 is 10.6 Å². The molecule has 1 aromatic carbocycles. The Morgan fingerprint density at radius 1 is 1.16 bits per heavy atom. The van der Waals surface area contributed by atoms with Gasteiger partial charge in [-0.25, -0.2) is 4.79 Å². The van der Waals surface area contributed by atoms with Crippen molar-refractivity contribution < 1.29 is 37.0 Å². The minimum Gasteiger partial charge on any atom is -0.444 e. The third-order valence-corrected chi connectivity index (χ3v) is 4.42. The summed E-state index contributed by atoms with van der Waals surface area (Å²) in [5.41, 5.74) is -2.02. The molecule has 2 atom stereocenters. The number of alkyl halides is 3. The van der Waals surface area contributed by atoms with E-state index in [0.29, 0.717) is 6.61 Å². The lowest BCUT2D eigenvalue weighted by Crippen LogP contribution is -2.33. The Hall–Kier alpha value is -2.33. The van der Waals surface area contributed by atoms with Crippen LogP contribution in [0.2, 0.25) is 0 Å². The molecular formula is C21H29F3N2O5. The smallest absolute Gasteiger partial charge is 0.416 e. The topological polar surface area (TPSA) is 85.9 Å². The van der Waals surface area contributed by atoms with Crippen LogP contribution in [0.3, 0.4) is 0 Å². The van der Waals surface area contributed by atoms with Crippen molar-refractivity contribution in [1.29, 1.82) is 0 Å². The van der Waals surface area contributed by atoms with Gasteiger partial charge in [0.05, 0.1) is 29.6 Å². The largest absolute Gasteiger partial charge is 0.444 e.